The van der Waals surface area contributed by atoms with Crippen molar-refractivity contribution in [2.24, 2.45) is 0 Å². The molecule has 1 aliphatic carbocycles. The van der Waals surface area contributed by atoms with Crippen molar-refractivity contribution in [2.75, 3.05) is 19.7 Å². The van der Waals surface area contributed by atoms with Gasteiger partial charge in [-0.3, -0.25) is 14.4 Å². The Labute approximate surface area is 166 Å². The van der Waals surface area contributed by atoms with Crippen LogP contribution < -0.4 is 4.74 Å². The van der Waals surface area contributed by atoms with E-state index in [1.54, 1.807) is 10.9 Å². The first-order valence-electron chi connectivity index (χ1n) is 10.4. The van der Waals surface area contributed by atoms with Gasteiger partial charge in [0.2, 0.25) is 0 Å². The Balaban J connectivity index is 1.50. The summed E-state index contributed by atoms with van der Waals surface area (Å²) >= 11 is 0. The van der Waals surface area contributed by atoms with Crippen molar-refractivity contribution in [3.63, 3.8) is 0 Å². The maximum Gasteiger partial charge on any atom is 0.325 e. The summed E-state index contributed by atoms with van der Waals surface area (Å²) in [7, 11) is 0. The SMILES string of the molecule is CCOc1cc2c(cc1CN1CCCC(c3ccnn3CC(=O)O)C1)CCC2. The third-order valence-corrected chi connectivity index (χ3v) is 5.93. The molecule has 0 radical (unpaired) electrons. The zero-order valence-corrected chi connectivity index (χ0v) is 16.6. The molecule has 6 heteroatoms. The molecule has 1 aromatic heterocycles. The molecule has 6 nitrogen and oxygen atoms in total. The van der Waals surface area contributed by atoms with Gasteiger partial charge in [-0.2, -0.15) is 5.10 Å². The zero-order chi connectivity index (χ0) is 19.5. The van der Waals surface area contributed by atoms with Crippen molar-refractivity contribution in [3.8, 4) is 5.75 Å². The topological polar surface area (TPSA) is 67.6 Å². The number of fused-ring (bicyclic) bond motifs is 1. The molecule has 2 heterocycles. The lowest BCUT2D eigenvalue weighted by Crippen LogP contribution is -2.35. The third kappa shape index (κ3) is 4.07. The average molecular weight is 383 g/mol. The van der Waals surface area contributed by atoms with E-state index in [1.165, 1.54) is 29.5 Å². The number of carbonyl (C=O) groups is 1. The molecule has 1 saturated heterocycles. The van der Waals surface area contributed by atoms with Gasteiger partial charge in [-0.05, 0) is 68.8 Å². The highest BCUT2D eigenvalue weighted by atomic mass is 16.5. The van der Waals surface area contributed by atoms with E-state index in [0.717, 1.165) is 50.3 Å². The lowest BCUT2D eigenvalue weighted by molar-refractivity contribution is -0.137. The first-order valence-corrected chi connectivity index (χ1v) is 10.4. The average Bonchev–Trinajstić information content (AvgIpc) is 3.31. The van der Waals surface area contributed by atoms with E-state index in [0.29, 0.717) is 12.5 Å². The van der Waals surface area contributed by atoms with Crippen LogP contribution in [0, 0.1) is 0 Å². The predicted molar refractivity (Wildman–Crippen MR) is 107 cm³/mol. The fourth-order valence-corrected chi connectivity index (χ4v) is 4.70. The van der Waals surface area contributed by atoms with Gasteiger partial charge in [0.1, 0.15) is 12.3 Å². The summed E-state index contributed by atoms with van der Waals surface area (Å²) in [5, 5.41) is 13.3. The standard InChI is InChI=1S/C22H29N3O3/c1-2-28-21-12-17-6-3-5-16(17)11-19(21)14-24-10-4-7-18(13-24)20-8-9-23-25(20)15-22(26)27/h8-9,11-12,18H,2-7,10,13-15H2,1H3,(H,26,27). The summed E-state index contributed by atoms with van der Waals surface area (Å²) in [5.74, 6) is 0.499. The Morgan fingerprint density at radius 1 is 1.29 bits per heavy atom. The largest absolute Gasteiger partial charge is 0.494 e. The number of nitrogens with zero attached hydrogens (tertiary/aromatic N) is 3. The lowest BCUT2D eigenvalue weighted by Gasteiger charge is -2.33. The van der Waals surface area contributed by atoms with E-state index in [9.17, 15) is 4.79 Å². The number of aliphatic carboxylic acids is 1. The quantitative estimate of drug-likeness (QED) is 0.795. The van der Waals surface area contributed by atoms with Gasteiger partial charge in [-0.1, -0.05) is 6.07 Å². The van der Waals surface area contributed by atoms with E-state index >= 15 is 0 Å². The van der Waals surface area contributed by atoms with Gasteiger partial charge in [0.05, 0.1) is 6.61 Å². The maximum atomic E-state index is 11.1. The minimum atomic E-state index is -0.850. The van der Waals surface area contributed by atoms with Gasteiger partial charge in [0.15, 0.2) is 0 Å². The molecule has 4 rings (SSSR count). The number of piperidine rings is 1. The van der Waals surface area contributed by atoms with Crippen LogP contribution in [0.2, 0.25) is 0 Å². The number of likely N-dealkylation sites (tertiary alicyclic amines) is 1. The molecule has 2 aliphatic rings. The number of rotatable bonds is 7. The highest BCUT2D eigenvalue weighted by molar-refractivity contribution is 5.66. The minimum Gasteiger partial charge on any atom is -0.494 e. The van der Waals surface area contributed by atoms with Crippen LogP contribution in [0.4, 0.5) is 0 Å². The molecule has 0 amide bonds. The number of carboxylic acids is 1. The van der Waals surface area contributed by atoms with Gasteiger partial charge < -0.3 is 9.84 Å². The van der Waals surface area contributed by atoms with Crippen molar-refractivity contribution in [3.05, 3.63) is 46.8 Å². The molecule has 0 spiro atoms. The number of aryl methyl sites for hydroxylation is 2. The van der Waals surface area contributed by atoms with E-state index in [1.807, 2.05) is 13.0 Å². The number of aromatic nitrogens is 2. The van der Waals surface area contributed by atoms with Crippen LogP contribution in [0.15, 0.2) is 24.4 Å². The van der Waals surface area contributed by atoms with Gasteiger partial charge >= 0.3 is 5.97 Å². The molecule has 150 valence electrons. The van der Waals surface area contributed by atoms with Gasteiger partial charge in [-0.15, -0.1) is 0 Å². The fraction of sp³-hybridized carbons (Fsp3) is 0.545. The van der Waals surface area contributed by atoms with Crippen LogP contribution in [-0.2, 0) is 30.7 Å². The Kier molecular flexibility index (Phi) is 5.67. The fourth-order valence-electron chi connectivity index (χ4n) is 4.70. The van der Waals surface area contributed by atoms with Crippen LogP contribution in [0.1, 0.15) is 54.5 Å². The molecule has 1 N–H and O–H groups in total. The van der Waals surface area contributed by atoms with E-state index in [4.69, 9.17) is 9.84 Å². The second kappa shape index (κ2) is 8.35. The predicted octanol–water partition coefficient (Wildman–Crippen LogP) is 3.23. The second-order valence-corrected chi connectivity index (χ2v) is 7.90. The Morgan fingerprint density at radius 2 is 2.11 bits per heavy atom. The summed E-state index contributed by atoms with van der Waals surface area (Å²) in [5.41, 5.74) is 5.24. The molecule has 2 aromatic rings. The normalized spacial score (nSPS) is 19.5. The van der Waals surface area contributed by atoms with E-state index < -0.39 is 5.97 Å². The smallest absolute Gasteiger partial charge is 0.325 e. The van der Waals surface area contributed by atoms with Gasteiger partial charge in [-0.25, -0.2) is 0 Å². The number of carboxylic acid groups (broad SMARTS) is 1. The number of ether oxygens (including phenoxy) is 1. The van der Waals surface area contributed by atoms with Crippen LogP contribution in [-0.4, -0.2) is 45.5 Å². The molecule has 1 fully saturated rings. The molecule has 0 bridgehead atoms. The summed E-state index contributed by atoms with van der Waals surface area (Å²) in [6.07, 6.45) is 7.47. The first-order chi connectivity index (χ1) is 13.6. The van der Waals surface area contributed by atoms with Crippen molar-refractivity contribution in [1.82, 2.24) is 14.7 Å². The molecule has 1 aromatic carbocycles. The lowest BCUT2D eigenvalue weighted by atomic mass is 9.94. The molecule has 1 atom stereocenters. The highest BCUT2D eigenvalue weighted by Gasteiger charge is 2.26. The third-order valence-electron chi connectivity index (χ3n) is 5.93. The Bertz CT molecular complexity index is 846. The molecular weight excluding hydrogens is 354 g/mol. The summed E-state index contributed by atoms with van der Waals surface area (Å²) in [6.45, 7) is 5.52. The number of hydrogen-bond acceptors (Lipinski definition) is 4. The van der Waals surface area contributed by atoms with Crippen molar-refractivity contribution < 1.29 is 14.6 Å². The van der Waals surface area contributed by atoms with Crippen LogP contribution in [0.5, 0.6) is 5.75 Å². The molecule has 0 saturated carbocycles. The number of benzene rings is 1. The van der Waals surface area contributed by atoms with Gasteiger partial charge in [0, 0.05) is 36.5 Å². The first kappa shape index (κ1) is 19.0. The maximum absolute atomic E-state index is 11.1. The number of hydrogen-bond donors (Lipinski definition) is 1. The second-order valence-electron chi connectivity index (χ2n) is 7.90. The summed E-state index contributed by atoms with van der Waals surface area (Å²) in [6, 6.07) is 6.58. The highest BCUT2D eigenvalue weighted by Crippen LogP contribution is 2.33. The summed E-state index contributed by atoms with van der Waals surface area (Å²) < 4.78 is 7.60. The minimum absolute atomic E-state index is 0.0713. The molecule has 1 unspecified atom stereocenters. The van der Waals surface area contributed by atoms with Crippen molar-refractivity contribution in [2.45, 2.75) is 58.0 Å². The molecule has 1 aliphatic heterocycles. The Morgan fingerprint density at radius 3 is 2.89 bits per heavy atom. The van der Waals surface area contributed by atoms with Crippen LogP contribution in [0.3, 0.4) is 0 Å². The zero-order valence-electron chi connectivity index (χ0n) is 16.6. The van der Waals surface area contributed by atoms with Gasteiger partial charge in [0.25, 0.3) is 0 Å². The monoisotopic (exact) mass is 383 g/mol. The van der Waals surface area contributed by atoms with E-state index in [2.05, 4.69) is 22.1 Å². The van der Waals surface area contributed by atoms with Crippen molar-refractivity contribution >= 4 is 5.97 Å². The Hall–Kier alpha value is -2.34. The molecular formula is C22H29N3O3. The van der Waals surface area contributed by atoms with Crippen LogP contribution in [0.25, 0.3) is 0 Å². The van der Waals surface area contributed by atoms with E-state index in [-0.39, 0.29) is 6.54 Å². The summed E-state index contributed by atoms with van der Waals surface area (Å²) in [4.78, 5) is 13.6. The van der Waals surface area contributed by atoms with Crippen LogP contribution >= 0.6 is 0 Å². The molecule has 28 heavy (non-hydrogen) atoms. The van der Waals surface area contributed by atoms with Crippen molar-refractivity contribution in [1.29, 1.82) is 0 Å².